The molecular weight excluding hydrogens is 379 g/mol. The number of fused-ring (bicyclic) bond motifs is 3. The summed E-state index contributed by atoms with van der Waals surface area (Å²) in [6, 6.07) is 14.8. The van der Waals surface area contributed by atoms with Crippen LogP contribution in [-0.4, -0.2) is 36.7 Å². The van der Waals surface area contributed by atoms with Gasteiger partial charge >= 0.3 is 6.09 Å². The molecule has 0 spiro atoms. The average molecular weight is 411 g/mol. The minimum atomic E-state index is -0.839. The number of halogens is 1. The second-order valence-corrected chi connectivity index (χ2v) is 8.54. The Kier molecular flexibility index (Phi) is 6.09. The zero-order chi connectivity index (χ0) is 21.1. The molecule has 1 unspecified atom stereocenters. The quantitative estimate of drug-likeness (QED) is 0.700. The summed E-state index contributed by atoms with van der Waals surface area (Å²) in [5.74, 6) is 0.231. The first-order valence-electron chi connectivity index (χ1n) is 11.1. The number of amides is 1. The van der Waals surface area contributed by atoms with E-state index in [0.717, 1.165) is 38.0 Å². The molecule has 3 aliphatic heterocycles. The number of nitrogens with one attached hydrogen (secondary N) is 1. The van der Waals surface area contributed by atoms with E-state index in [1.807, 2.05) is 50.2 Å². The van der Waals surface area contributed by atoms with Gasteiger partial charge in [0.15, 0.2) is 0 Å². The van der Waals surface area contributed by atoms with E-state index >= 15 is 0 Å². The Bertz CT molecular complexity index is 874. The van der Waals surface area contributed by atoms with E-state index in [2.05, 4.69) is 10.2 Å². The van der Waals surface area contributed by atoms with Crippen LogP contribution in [0.15, 0.2) is 48.5 Å². The molecule has 0 aliphatic carbocycles. The van der Waals surface area contributed by atoms with Crippen LogP contribution in [-0.2, 0) is 10.3 Å². The van der Waals surface area contributed by atoms with Crippen molar-refractivity contribution in [3.8, 4) is 11.1 Å². The molecule has 30 heavy (non-hydrogen) atoms. The van der Waals surface area contributed by atoms with Crippen molar-refractivity contribution in [2.24, 2.45) is 5.92 Å². The third-order valence-corrected chi connectivity index (χ3v) is 6.97. The van der Waals surface area contributed by atoms with Gasteiger partial charge in [0, 0.05) is 18.2 Å². The van der Waals surface area contributed by atoms with Gasteiger partial charge in [-0.05, 0) is 61.9 Å². The highest BCUT2D eigenvalue weighted by atomic mass is 19.1. The average Bonchev–Trinajstić information content (AvgIpc) is 2.79. The predicted molar refractivity (Wildman–Crippen MR) is 117 cm³/mol. The Balaban J connectivity index is 1.52. The predicted octanol–water partition coefficient (Wildman–Crippen LogP) is 5.33. The van der Waals surface area contributed by atoms with Crippen LogP contribution in [0.2, 0.25) is 0 Å². The molecule has 1 N–H and O–H groups in total. The van der Waals surface area contributed by atoms with Crippen molar-refractivity contribution < 1.29 is 13.9 Å². The standard InChI is InChI=1S/C25H31FN2O2/c1-3-25(4-2,30-24(29)27-23-17-28-14-12-19(23)13-15-28)20-10-11-21(22(26)16-20)18-8-6-5-7-9-18/h5-11,16,19,23H,3-4,12-15,17H2,1-2H3,(H,27,29). The number of piperidine rings is 3. The van der Waals surface area contributed by atoms with Crippen LogP contribution in [0.1, 0.15) is 45.1 Å². The lowest BCUT2D eigenvalue weighted by Crippen LogP contribution is -2.57. The number of hydrogen-bond acceptors (Lipinski definition) is 3. The molecule has 5 rings (SSSR count). The number of benzene rings is 2. The second kappa shape index (κ2) is 8.76. The molecule has 160 valence electrons. The molecule has 0 aromatic heterocycles. The second-order valence-electron chi connectivity index (χ2n) is 8.54. The Morgan fingerprint density at radius 2 is 1.83 bits per heavy atom. The van der Waals surface area contributed by atoms with Gasteiger partial charge in [0.1, 0.15) is 11.4 Å². The molecular formula is C25H31FN2O2. The first-order valence-corrected chi connectivity index (χ1v) is 11.1. The van der Waals surface area contributed by atoms with Crippen molar-refractivity contribution >= 4 is 6.09 Å². The van der Waals surface area contributed by atoms with Crippen molar-refractivity contribution in [3.63, 3.8) is 0 Å². The van der Waals surface area contributed by atoms with E-state index < -0.39 is 11.7 Å². The van der Waals surface area contributed by atoms with Crippen LogP contribution < -0.4 is 5.32 Å². The van der Waals surface area contributed by atoms with Crippen molar-refractivity contribution in [1.29, 1.82) is 0 Å². The molecule has 2 aromatic carbocycles. The molecule has 3 aliphatic rings. The van der Waals surface area contributed by atoms with Crippen molar-refractivity contribution in [2.75, 3.05) is 19.6 Å². The first kappa shape index (κ1) is 20.9. The lowest BCUT2D eigenvalue weighted by molar-refractivity contribution is -0.00836. The van der Waals surface area contributed by atoms with Gasteiger partial charge in [0.25, 0.3) is 0 Å². The molecule has 0 radical (unpaired) electrons. The highest BCUT2D eigenvalue weighted by Gasteiger charge is 2.38. The minimum Gasteiger partial charge on any atom is -0.438 e. The highest BCUT2D eigenvalue weighted by Crippen LogP contribution is 2.36. The fraction of sp³-hybridized carbons (Fsp3) is 0.480. The number of alkyl carbamates (subject to hydrolysis) is 1. The van der Waals surface area contributed by atoms with Gasteiger partial charge in [-0.1, -0.05) is 56.3 Å². The number of carbonyl (C=O) groups excluding carboxylic acids is 1. The fourth-order valence-electron chi connectivity index (χ4n) is 5.00. The zero-order valence-electron chi connectivity index (χ0n) is 17.9. The maximum Gasteiger partial charge on any atom is 0.408 e. The molecule has 3 heterocycles. The number of hydrogen-bond donors (Lipinski definition) is 1. The van der Waals surface area contributed by atoms with Gasteiger partial charge in [0.2, 0.25) is 0 Å². The van der Waals surface area contributed by atoms with E-state index in [-0.39, 0.29) is 11.9 Å². The molecule has 2 aromatic rings. The van der Waals surface area contributed by atoms with Gasteiger partial charge < -0.3 is 15.0 Å². The molecule has 1 amide bonds. The fourth-order valence-corrected chi connectivity index (χ4v) is 5.00. The topological polar surface area (TPSA) is 41.6 Å². The van der Waals surface area contributed by atoms with Gasteiger partial charge in [-0.2, -0.15) is 0 Å². The van der Waals surface area contributed by atoms with Gasteiger partial charge in [-0.3, -0.25) is 0 Å². The maximum atomic E-state index is 15.0. The van der Waals surface area contributed by atoms with Crippen LogP contribution in [0.25, 0.3) is 11.1 Å². The summed E-state index contributed by atoms with van der Waals surface area (Å²) in [6.45, 7) is 7.10. The zero-order valence-corrected chi connectivity index (χ0v) is 17.9. The molecule has 3 saturated heterocycles. The van der Waals surface area contributed by atoms with Gasteiger partial charge in [-0.25, -0.2) is 9.18 Å². The first-order chi connectivity index (χ1) is 14.5. The monoisotopic (exact) mass is 410 g/mol. The smallest absolute Gasteiger partial charge is 0.408 e. The van der Waals surface area contributed by atoms with Crippen LogP contribution >= 0.6 is 0 Å². The highest BCUT2D eigenvalue weighted by molar-refractivity contribution is 5.69. The normalized spacial score (nSPS) is 23.2. The Morgan fingerprint density at radius 1 is 1.13 bits per heavy atom. The summed E-state index contributed by atoms with van der Waals surface area (Å²) in [5.41, 5.74) is 1.25. The van der Waals surface area contributed by atoms with Crippen LogP contribution in [0.5, 0.6) is 0 Å². The van der Waals surface area contributed by atoms with E-state index in [9.17, 15) is 9.18 Å². The van der Waals surface area contributed by atoms with E-state index in [1.165, 1.54) is 6.07 Å². The number of rotatable bonds is 6. The van der Waals surface area contributed by atoms with Crippen LogP contribution in [0, 0.1) is 11.7 Å². The summed E-state index contributed by atoms with van der Waals surface area (Å²) in [5, 5.41) is 3.10. The minimum absolute atomic E-state index is 0.142. The Hall–Kier alpha value is -2.40. The molecule has 0 saturated carbocycles. The summed E-state index contributed by atoms with van der Waals surface area (Å²) in [4.78, 5) is 15.2. The lowest BCUT2D eigenvalue weighted by Gasteiger charge is -2.45. The third-order valence-electron chi connectivity index (χ3n) is 6.97. The largest absolute Gasteiger partial charge is 0.438 e. The number of ether oxygens (including phenoxy) is 1. The maximum absolute atomic E-state index is 15.0. The molecule has 5 heteroatoms. The van der Waals surface area contributed by atoms with Crippen molar-refractivity contribution in [3.05, 3.63) is 59.9 Å². The van der Waals surface area contributed by atoms with Crippen molar-refractivity contribution in [1.82, 2.24) is 10.2 Å². The Morgan fingerprint density at radius 3 is 2.40 bits per heavy atom. The van der Waals surface area contributed by atoms with Crippen LogP contribution in [0.4, 0.5) is 9.18 Å². The van der Waals surface area contributed by atoms with Gasteiger partial charge in [0.05, 0.1) is 0 Å². The Labute approximate surface area is 178 Å². The lowest BCUT2D eigenvalue weighted by atomic mass is 9.84. The molecule has 3 fully saturated rings. The van der Waals surface area contributed by atoms with E-state index in [0.29, 0.717) is 29.9 Å². The van der Waals surface area contributed by atoms with E-state index in [1.54, 1.807) is 6.07 Å². The summed E-state index contributed by atoms with van der Waals surface area (Å²) in [6.07, 6.45) is 3.03. The summed E-state index contributed by atoms with van der Waals surface area (Å²) >= 11 is 0. The molecule has 1 atom stereocenters. The molecule has 4 nitrogen and oxygen atoms in total. The number of nitrogens with zero attached hydrogens (tertiary/aromatic N) is 1. The number of carbonyl (C=O) groups is 1. The third kappa shape index (κ3) is 4.08. The van der Waals surface area contributed by atoms with E-state index in [4.69, 9.17) is 4.74 Å². The molecule has 2 bridgehead atoms. The summed E-state index contributed by atoms with van der Waals surface area (Å²) < 4.78 is 21.0. The van der Waals surface area contributed by atoms with Gasteiger partial charge in [-0.15, -0.1) is 0 Å². The SMILES string of the molecule is CCC(CC)(OC(=O)NC1CN2CCC1CC2)c1ccc(-c2ccccc2)c(F)c1. The van der Waals surface area contributed by atoms with Crippen molar-refractivity contribution in [2.45, 2.75) is 51.2 Å². The summed E-state index contributed by atoms with van der Waals surface area (Å²) in [7, 11) is 0. The van der Waals surface area contributed by atoms with Crippen LogP contribution in [0.3, 0.4) is 0 Å².